The summed E-state index contributed by atoms with van der Waals surface area (Å²) >= 11 is 0. The summed E-state index contributed by atoms with van der Waals surface area (Å²) in [6, 6.07) is 2.78. The maximum absolute atomic E-state index is 6.66. The lowest BCUT2D eigenvalue weighted by molar-refractivity contribution is 0.0623. The van der Waals surface area contributed by atoms with Crippen LogP contribution in [-0.4, -0.2) is 28.0 Å². The van der Waals surface area contributed by atoms with E-state index in [0.717, 1.165) is 25.1 Å². The number of nitrogens with zero attached hydrogens (tertiary/aromatic N) is 2. The van der Waals surface area contributed by atoms with Gasteiger partial charge in [0.2, 0.25) is 0 Å². The molecule has 20 heavy (non-hydrogen) atoms. The molecule has 2 saturated carbocycles. The summed E-state index contributed by atoms with van der Waals surface area (Å²) in [5.41, 5.74) is 7.63. The van der Waals surface area contributed by atoms with Crippen LogP contribution in [0.25, 0.3) is 0 Å². The first kappa shape index (κ1) is 12.8. The fourth-order valence-corrected chi connectivity index (χ4v) is 4.06. The summed E-state index contributed by atoms with van der Waals surface area (Å²) in [4.78, 5) is 0. The minimum atomic E-state index is -0.184. The van der Waals surface area contributed by atoms with Crippen molar-refractivity contribution in [2.24, 2.45) is 11.7 Å². The Bertz CT molecular complexity index is 476. The number of rotatable bonds is 4. The van der Waals surface area contributed by atoms with E-state index in [-0.39, 0.29) is 11.6 Å². The van der Waals surface area contributed by atoms with Crippen LogP contribution >= 0.6 is 0 Å². The minimum absolute atomic E-state index is 0.184. The van der Waals surface area contributed by atoms with Crippen LogP contribution in [0, 0.1) is 5.92 Å². The summed E-state index contributed by atoms with van der Waals surface area (Å²) in [6.07, 6.45) is 12.1. The number of hydrogen-bond acceptors (Lipinski definition) is 3. The lowest BCUT2D eigenvalue weighted by Gasteiger charge is -2.29. The first-order chi connectivity index (χ1) is 9.74. The summed E-state index contributed by atoms with van der Waals surface area (Å²) in [6.45, 7) is 0.820. The Kier molecular flexibility index (Phi) is 3.11. The third kappa shape index (κ3) is 2.29. The molecule has 2 aliphatic carbocycles. The molecule has 1 aliphatic heterocycles. The lowest BCUT2D eigenvalue weighted by Crippen LogP contribution is -2.50. The van der Waals surface area contributed by atoms with Gasteiger partial charge in [0.15, 0.2) is 0 Å². The molecule has 0 spiro atoms. The second kappa shape index (κ2) is 4.85. The molecule has 3 aliphatic rings. The van der Waals surface area contributed by atoms with Crippen LogP contribution in [0.1, 0.15) is 56.7 Å². The normalized spacial score (nSPS) is 35.0. The highest BCUT2D eigenvalue weighted by Crippen LogP contribution is 2.43. The van der Waals surface area contributed by atoms with Gasteiger partial charge in [0, 0.05) is 19.2 Å². The van der Waals surface area contributed by atoms with Gasteiger partial charge in [-0.25, -0.2) is 0 Å². The van der Waals surface area contributed by atoms with E-state index in [0.29, 0.717) is 12.0 Å². The number of aromatic nitrogens is 2. The Balaban J connectivity index is 1.47. The van der Waals surface area contributed by atoms with Crippen LogP contribution in [0.3, 0.4) is 0 Å². The molecule has 0 aromatic carbocycles. The predicted octanol–water partition coefficient (Wildman–Crippen LogP) is 2.44. The van der Waals surface area contributed by atoms with E-state index in [9.17, 15) is 0 Å². The van der Waals surface area contributed by atoms with Crippen molar-refractivity contribution in [2.45, 2.75) is 69.1 Å². The molecular formula is C16H25N3O. The molecule has 0 radical (unpaired) electrons. The summed E-state index contributed by atoms with van der Waals surface area (Å²) in [7, 11) is 0. The van der Waals surface area contributed by atoms with Gasteiger partial charge in [0.25, 0.3) is 0 Å². The van der Waals surface area contributed by atoms with Gasteiger partial charge in [-0.2, -0.15) is 5.10 Å². The summed E-state index contributed by atoms with van der Waals surface area (Å²) in [5.74, 6) is 0.708. The molecule has 3 fully saturated rings. The number of hydrogen-bond donors (Lipinski definition) is 1. The van der Waals surface area contributed by atoms with Crippen molar-refractivity contribution in [3.05, 3.63) is 18.0 Å². The largest absolute Gasteiger partial charge is 0.376 e. The van der Waals surface area contributed by atoms with Crippen LogP contribution in [0.5, 0.6) is 0 Å². The SMILES string of the molecule is NC1(Cc2ccn(C3CCCC3)n2)CCOC1C1CC1. The zero-order chi connectivity index (χ0) is 13.6. The maximum Gasteiger partial charge on any atom is 0.0787 e. The van der Waals surface area contributed by atoms with Crippen molar-refractivity contribution < 1.29 is 4.74 Å². The molecule has 2 heterocycles. The van der Waals surface area contributed by atoms with E-state index >= 15 is 0 Å². The van der Waals surface area contributed by atoms with Crippen molar-refractivity contribution >= 4 is 0 Å². The van der Waals surface area contributed by atoms with E-state index in [1.54, 1.807) is 0 Å². The average molecular weight is 275 g/mol. The molecule has 1 aromatic heterocycles. The molecule has 2 atom stereocenters. The smallest absolute Gasteiger partial charge is 0.0787 e. The van der Waals surface area contributed by atoms with E-state index in [4.69, 9.17) is 15.6 Å². The Morgan fingerprint density at radius 1 is 1.30 bits per heavy atom. The second-order valence-electron chi connectivity index (χ2n) is 7.01. The van der Waals surface area contributed by atoms with Gasteiger partial charge < -0.3 is 10.5 Å². The average Bonchev–Trinajstić information content (AvgIpc) is 2.85. The van der Waals surface area contributed by atoms with Gasteiger partial charge in [0.05, 0.1) is 23.4 Å². The zero-order valence-electron chi connectivity index (χ0n) is 12.1. The minimum Gasteiger partial charge on any atom is -0.376 e. The molecule has 4 rings (SSSR count). The molecule has 1 saturated heterocycles. The topological polar surface area (TPSA) is 53.1 Å². The van der Waals surface area contributed by atoms with Crippen molar-refractivity contribution in [3.8, 4) is 0 Å². The molecule has 0 amide bonds. The van der Waals surface area contributed by atoms with Gasteiger partial charge in [-0.3, -0.25) is 4.68 Å². The van der Waals surface area contributed by atoms with Gasteiger partial charge in [-0.1, -0.05) is 12.8 Å². The van der Waals surface area contributed by atoms with E-state index < -0.39 is 0 Å². The summed E-state index contributed by atoms with van der Waals surface area (Å²) < 4.78 is 8.09. The standard InChI is InChI=1S/C16H25N3O/c17-16(8-10-20-15(16)12-5-6-12)11-13-7-9-19(18-13)14-3-1-2-4-14/h7,9,12,14-15H,1-6,8,10-11,17H2. The van der Waals surface area contributed by atoms with Gasteiger partial charge in [0.1, 0.15) is 0 Å². The van der Waals surface area contributed by atoms with E-state index in [2.05, 4.69) is 16.9 Å². The highest BCUT2D eigenvalue weighted by molar-refractivity contribution is 5.12. The fraction of sp³-hybridized carbons (Fsp3) is 0.812. The molecule has 1 aromatic rings. The quantitative estimate of drug-likeness (QED) is 0.918. The molecular weight excluding hydrogens is 250 g/mol. The molecule has 110 valence electrons. The molecule has 4 nitrogen and oxygen atoms in total. The highest BCUT2D eigenvalue weighted by atomic mass is 16.5. The van der Waals surface area contributed by atoms with Gasteiger partial charge in [-0.05, 0) is 44.1 Å². The fourth-order valence-electron chi connectivity index (χ4n) is 4.06. The van der Waals surface area contributed by atoms with Crippen LogP contribution in [0.2, 0.25) is 0 Å². The maximum atomic E-state index is 6.66. The van der Waals surface area contributed by atoms with Crippen molar-refractivity contribution in [1.29, 1.82) is 0 Å². The molecule has 2 unspecified atom stereocenters. The molecule has 2 N–H and O–H groups in total. The van der Waals surface area contributed by atoms with E-state index in [1.807, 2.05) is 0 Å². The van der Waals surface area contributed by atoms with Crippen LogP contribution in [0.15, 0.2) is 12.3 Å². The van der Waals surface area contributed by atoms with Gasteiger partial charge in [-0.15, -0.1) is 0 Å². The second-order valence-corrected chi connectivity index (χ2v) is 7.01. The zero-order valence-corrected chi connectivity index (χ0v) is 12.1. The van der Waals surface area contributed by atoms with Gasteiger partial charge >= 0.3 is 0 Å². The molecule has 4 heteroatoms. The van der Waals surface area contributed by atoms with Crippen LogP contribution < -0.4 is 5.73 Å². The Morgan fingerprint density at radius 2 is 2.10 bits per heavy atom. The Hall–Kier alpha value is -0.870. The molecule has 0 bridgehead atoms. The van der Waals surface area contributed by atoms with Crippen molar-refractivity contribution in [2.75, 3.05) is 6.61 Å². The van der Waals surface area contributed by atoms with Crippen LogP contribution in [0.4, 0.5) is 0 Å². The van der Waals surface area contributed by atoms with E-state index in [1.165, 1.54) is 38.5 Å². The third-order valence-electron chi connectivity index (χ3n) is 5.35. The van der Waals surface area contributed by atoms with Crippen LogP contribution in [-0.2, 0) is 11.2 Å². The first-order valence-corrected chi connectivity index (χ1v) is 8.19. The predicted molar refractivity (Wildman–Crippen MR) is 77.4 cm³/mol. The Labute approximate surface area is 120 Å². The van der Waals surface area contributed by atoms with Crippen molar-refractivity contribution in [3.63, 3.8) is 0 Å². The number of nitrogens with two attached hydrogens (primary N) is 1. The monoisotopic (exact) mass is 275 g/mol. The first-order valence-electron chi connectivity index (χ1n) is 8.19. The number of ether oxygens (including phenoxy) is 1. The Morgan fingerprint density at radius 3 is 2.85 bits per heavy atom. The van der Waals surface area contributed by atoms with Crippen molar-refractivity contribution in [1.82, 2.24) is 9.78 Å². The third-order valence-corrected chi connectivity index (χ3v) is 5.35. The summed E-state index contributed by atoms with van der Waals surface area (Å²) in [5, 5.41) is 4.80. The highest BCUT2D eigenvalue weighted by Gasteiger charge is 2.48. The lowest BCUT2D eigenvalue weighted by atomic mass is 9.85.